The number of hydroxylamine groups is 1. The molecule has 0 aliphatic heterocycles. The van der Waals surface area contributed by atoms with Gasteiger partial charge in [0.15, 0.2) is 0 Å². The maximum absolute atomic E-state index is 11.7. The molecular formula is C8H8Cl3NO4S. The number of hydrogen-bond acceptors (Lipinski definition) is 5. The van der Waals surface area contributed by atoms with Gasteiger partial charge in [-0.1, -0.05) is 34.8 Å². The molecule has 1 aromatic carbocycles. The lowest BCUT2D eigenvalue weighted by molar-refractivity contribution is 0.171. The van der Waals surface area contributed by atoms with Crippen molar-refractivity contribution in [2.24, 2.45) is 0 Å². The molecule has 2 N–H and O–H groups in total. The van der Waals surface area contributed by atoms with E-state index in [1.165, 1.54) is 12.1 Å². The zero-order chi connectivity index (χ0) is 13.1. The van der Waals surface area contributed by atoms with Gasteiger partial charge in [-0.25, -0.2) is 0 Å². The minimum Gasteiger partial charge on any atom is -0.395 e. The first kappa shape index (κ1) is 15.0. The van der Waals surface area contributed by atoms with Crippen molar-refractivity contribution in [3.63, 3.8) is 0 Å². The molecule has 0 aromatic heterocycles. The Morgan fingerprint density at radius 1 is 1.24 bits per heavy atom. The third-order valence-corrected chi connectivity index (χ3v) is 3.91. The van der Waals surface area contributed by atoms with Gasteiger partial charge >= 0.3 is 10.1 Å². The minimum absolute atomic E-state index is 0.0535. The Morgan fingerprint density at radius 2 is 1.76 bits per heavy atom. The smallest absolute Gasteiger partial charge is 0.315 e. The lowest BCUT2D eigenvalue weighted by Gasteiger charge is -2.09. The molecule has 0 heterocycles. The van der Waals surface area contributed by atoms with Crippen LogP contribution in [-0.2, 0) is 14.4 Å². The molecule has 1 rings (SSSR count). The zero-order valence-electron chi connectivity index (χ0n) is 8.28. The number of aliphatic hydroxyl groups is 1. The summed E-state index contributed by atoms with van der Waals surface area (Å²) in [5, 5.41) is 8.39. The van der Waals surface area contributed by atoms with E-state index in [0.29, 0.717) is 0 Å². The Labute approximate surface area is 113 Å². The van der Waals surface area contributed by atoms with Crippen molar-refractivity contribution in [2.75, 3.05) is 13.2 Å². The summed E-state index contributed by atoms with van der Waals surface area (Å²) in [6.07, 6.45) is 0. The van der Waals surface area contributed by atoms with Crippen LogP contribution in [0.2, 0.25) is 15.1 Å². The molecule has 0 spiro atoms. The Balaban J connectivity index is 3.07. The first-order valence-electron chi connectivity index (χ1n) is 4.30. The van der Waals surface area contributed by atoms with E-state index in [2.05, 4.69) is 9.76 Å². The Bertz CT molecular complexity index is 482. The Morgan fingerprint density at radius 3 is 2.24 bits per heavy atom. The summed E-state index contributed by atoms with van der Waals surface area (Å²) in [7, 11) is -4.16. The third-order valence-electron chi connectivity index (χ3n) is 1.60. The summed E-state index contributed by atoms with van der Waals surface area (Å²) in [6.45, 7) is -0.334. The SMILES string of the molecule is O=S(=O)(ONCCO)c1c(Cl)cc(Cl)cc1Cl. The lowest BCUT2D eigenvalue weighted by Crippen LogP contribution is -2.23. The summed E-state index contributed by atoms with van der Waals surface area (Å²) in [5.74, 6) is 0. The molecule has 0 saturated heterocycles. The highest BCUT2D eigenvalue weighted by Gasteiger charge is 2.23. The van der Waals surface area contributed by atoms with Crippen molar-refractivity contribution >= 4 is 44.9 Å². The fourth-order valence-corrected chi connectivity index (χ4v) is 3.28. The molecule has 9 heteroatoms. The molecule has 1 aromatic rings. The molecule has 96 valence electrons. The lowest BCUT2D eigenvalue weighted by atomic mass is 10.4. The van der Waals surface area contributed by atoms with Crippen LogP contribution in [0.15, 0.2) is 17.0 Å². The maximum Gasteiger partial charge on any atom is 0.315 e. The number of benzene rings is 1. The molecular weight excluding hydrogens is 313 g/mol. The fraction of sp³-hybridized carbons (Fsp3) is 0.250. The Hall–Kier alpha value is -0.0800. The second-order valence-corrected chi connectivity index (χ2v) is 5.59. The van der Waals surface area contributed by atoms with E-state index in [9.17, 15) is 8.42 Å². The van der Waals surface area contributed by atoms with E-state index in [1.807, 2.05) is 0 Å². The Kier molecular flexibility index (Phi) is 5.46. The highest BCUT2D eigenvalue weighted by molar-refractivity contribution is 7.87. The van der Waals surface area contributed by atoms with Gasteiger partial charge in [-0.2, -0.15) is 18.2 Å². The molecule has 0 amide bonds. The molecule has 17 heavy (non-hydrogen) atoms. The average molecular weight is 321 g/mol. The van der Waals surface area contributed by atoms with Gasteiger partial charge in [0.2, 0.25) is 0 Å². The average Bonchev–Trinajstić information content (AvgIpc) is 2.15. The largest absolute Gasteiger partial charge is 0.395 e. The van der Waals surface area contributed by atoms with Gasteiger partial charge in [-0.15, -0.1) is 0 Å². The van der Waals surface area contributed by atoms with Crippen molar-refractivity contribution in [2.45, 2.75) is 4.90 Å². The van der Waals surface area contributed by atoms with Crippen LogP contribution in [0.1, 0.15) is 0 Å². The minimum atomic E-state index is -4.16. The summed E-state index contributed by atoms with van der Waals surface area (Å²) < 4.78 is 27.8. The van der Waals surface area contributed by atoms with E-state index < -0.39 is 10.1 Å². The van der Waals surface area contributed by atoms with Gasteiger partial charge in [0, 0.05) is 11.6 Å². The highest BCUT2D eigenvalue weighted by atomic mass is 35.5. The summed E-state index contributed by atoms with van der Waals surface area (Å²) in [5.41, 5.74) is 2.05. The van der Waals surface area contributed by atoms with E-state index in [-0.39, 0.29) is 33.1 Å². The first-order chi connectivity index (χ1) is 7.88. The molecule has 0 bridgehead atoms. The van der Waals surface area contributed by atoms with Crippen molar-refractivity contribution < 1.29 is 17.8 Å². The normalized spacial score (nSPS) is 11.8. The van der Waals surface area contributed by atoms with Crippen LogP contribution in [-0.4, -0.2) is 26.7 Å². The number of nitrogens with one attached hydrogen (secondary N) is 1. The molecule has 0 aliphatic rings. The molecule has 0 saturated carbocycles. The van der Waals surface area contributed by atoms with Crippen LogP contribution >= 0.6 is 34.8 Å². The monoisotopic (exact) mass is 319 g/mol. The van der Waals surface area contributed by atoms with E-state index in [1.54, 1.807) is 0 Å². The van der Waals surface area contributed by atoms with Gasteiger partial charge in [0.25, 0.3) is 0 Å². The van der Waals surface area contributed by atoms with Crippen LogP contribution in [0, 0.1) is 0 Å². The quantitative estimate of drug-likeness (QED) is 0.639. The summed E-state index contributed by atoms with van der Waals surface area (Å²) in [6, 6.07) is 2.47. The van der Waals surface area contributed by atoms with Gasteiger partial charge in [0.05, 0.1) is 16.7 Å². The zero-order valence-corrected chi connectivity index (χ0v) is 11.4. The maximum atomic E-state index is 11.7. The van der Waals surface area contributed by atoms with E-state index in [4.69, 9.17) is 39.9 Å². The molecule has 0 aliphatic carbocycles. The number of aliphatic hydroxyl groups excluding tert-OH is 1. The molecule has 5 nitrogen and oxygen atoms in total. The second-order valence-electron chi connectivity index (χ2n) is 2.85. The summed E-state index contributed by atoms with van der Waals surface area (Å²) in [4.78, 5) is -0.379. The highest BCUT2D eigenvalue weighted by Crippen LogP contribution is 2.33. The predicted molar refractivity (Wildman–Crippen MR) is 64.8 cm³/mol. The second kappa shape index (κ2) is 6.19. The van der Waals surface area contributed by atoms with Crippen LogP contribution in [0.4, 0.5) is 0 Å². The third kappa shape index (κ3) is 3.96. The van der Waals surface area contributed by atoms with Crippen molar-refractivity contribution in [1.29, 1.82) is 0 Å². The molecule has 0 fully saturated rings. The number of rotatable bonds is 5. The number of hydrogen-bond donors (Lipinski definition) is 2. The summed E-state index contributed by atoms with van der Waals surface area (Å²) >= 11 is 17.1. The van der Waals surface area contributed by atoms with Crippen LogP contribution in [0.5, 0.6) is 0 Å². The fourth-order valence-electron chi connectivity index (χ4n) is 0.974. The first-order valence-corrected chi connectivity index (χ1v) is 6.84. The van der Waals surface area contributed by atoms with Crippen LogP contribution in [0.25, 0.3) is 0 Å². The molecule has 0 radical (unpaired) electrons. The topological polar surface area (TPSA) is 75.6 Å². The van der Waals surface area contributed by atoms with E-state index >= 15 is 0 Å². The van der Waals surface area contributed by atoms with Crippen molar-refractivity contribution in [1.82, 2.24) is 5.48 Å². The van der Waals surface area contributed by atoms with Gasteiger partial charge < -0.3 is 5.11 Å². The molecule has 0 unspecified atom stereocenters. The van der Waals surface area contributed by atoms with Crippen LogP contribution < -0.4 is 5.48 Å². The molecule has 0 atom stereocenters. The van der Waals surface area contributed by atoms with Crippen LogP contribution in [0.3, 0.4) is 0 Å². The van der Waals surface area contributed by atoms with Gasteiger partial charge in [0.1, 0.15) is 4.90 Å². The standard InChI is InChI=1S/C8H8Cl3NO4S/c9-5-3-6(10)8(7(11)4-5)17(14,15)16-12-1-2-13/h3-4,12-13H,1-2H2. The van der Waals surface area contributed by atoms with Crippen molar-refractivity contribution in [3.05, 3.63) is 27.2 Å². The van der Waals surface area contributed by atoms with Gasteiger partial charge in [-0.05, 0) is 12.1 Å². The van der Waals surface area contributed by atoms with E-state index in [0.717, 1.165) is 0 Å². The number of halogens is 3. The predicted octanol–water partition coefficient (Wildman–Crippen LogP) is 1.85. The van der Waals surface area contributed by atoms with Crippen molar-refractivity contribution in [3.8, 4) is 0 Å². The van der Waals surface area contributed by atoms with Gasteiger partial charge in [-0.3, -0.25) is 0 Å².